The summed E-state index contributed by atoms with van der Waals surface area (Å²) in [7, 11) is 1.77. The highest BCUT2D eigenvalue weighted by Crippen LogP contribution is 2.34. The zero-order valence-corrected chi connectivity index (χ0v) is 12.2. The predicted octanol–water partition coefficient (Wildman–Crippen LogP) is 2.12. The number of nitrogens with zero attached hydrogens (tertiary/aromatic N) is 1. The van der Waals surface area contributed by atoms with E-state index >= 15 is 0 Å². The second-order valence-corrected chi connectivity index (χ2v) is 6.24. The van der Waals surface area contributed by atoms with Crippen molar-refractivity contribution >= 4 is 0 Å². The second-order valence-electron chi connectivity index (χ2n) is 6.24. The highest BCUT2D eigenvalue weighted by Gasteiger charge is 2.30. The molecule has 3 nitrogen and oxygen atoms in total. The van der Waals surface area contributed by atoms with Gasteiger partial charge in [0.15, 0.2) is 0 Å². The average molecular weight is 254 g/mol. The molecule has 2 rings (SSSR count). The Morgan fingerprint density at radius 3 is 2.28 bits per heavy atom. The summed E-state index contributed by atoms with van der Waals surface area (Å²) in [5.74, 6) is 2.03. The average Bonchev–Trinajstić information content (AvgIpc) is 3.22. The highest BCUT2D eigenvalue weighted by molar-refractivity contribution is 4.85. The van der Waals surface area contributed by atoms with E-state index in [1.165, 1.54) is 38.8 Å². The van der Waals surface area contributed by atoms with Crippen molar-refractivity contribution < 1.29 is 4.74 Å². The van der Waals surface area contributed by atoms with Gasteiger partial charge in [-0.25, -0.2) is 0 Å². The van der Waals surface area contributed by atoms with Gasteiger partial charge in [-0.3, -0.25) is 4.90 Å². The van der Waals surface area contributed by atoms with Crippen LogP contribution in [0, 0.1) is 11.8 Å². The molecule has 0 spiro atoms. The lowest BCUT2D eigenvalue weighted by atomic mass is 10.2. The van der Waals surface area contributed by atoms with Crippen molar-refractivity contribution in [3.05, 3.63) is 0 Å². The minimum atomic E-state index is 0.689. The lowest BCUT2D eigenvalue weighted by Gasteiger charge is -2.29. The summed E-state index contributed by atoms with van der Waals surface area (Å²) in [4.78, 5) is 2.73. The number of hydrogen-bond donors (Lipinski definition) is 1. The molecule has 0 aromatic heterocycles. The van der Waals surface area contributed by atoms with Crippen LogP contribution >= 0.6 is 0 Å². The van der Waals surface area contributed by atoms with Crippen LogP contribution in [0.3, 0.4) is 0 Å². The summed E-state index contributed by atoms with van der Waals surface area (Å²) in [6, 6.07) is 0.689. The summed E-state index contributed by atoms with van der Waals surface area (Å²) in [5, 5.41) is 3.57. The monoisotopic (exact) mass is 254 g/mol. The van der Waals surface area contributed by atoms with Crippen molar-refractivity contribution in [3.63, 3.8) is 0 Å². The molecule has 1 N–H and O–H groups in total. The van der Waals surface area contributed by atoms with E-state index in [1.807, 2.05) is 0 Å². The Balaban J connectivity index is 1.60. The summed E-state index contributed by atoms with van der Waals surface area (Å²) in [6.07, 6.45) is 6.99. The summed E-state index contributed by atoms with van der Waals surface area (Å²) >= 11 is 0. The van der Waals surface area contributed by atoms with E-state index < -0.39 is 0 Å². The molecule has 106 valence electrons. The molecule has 0 aliphatic heterocycles. The minimum absolute atomic E-state index is 0.689. The first-order valence-electron chi connectivity index (χ1n) is 7.73. The molecule has 0 bridgehead atoms. The van der Waals surface area contributed by atoms with Crippen molar-refractivity contribution in [1.29, 1.82) is 0 Å². The van der Waals surface area contributed by atoms with Crippen molar-refractivity contribution in [2.24, 2.45) is 11.8 Å². The number of rotatable bonds is 11. The topological polar surface area (TPSA) is 24.5 Å². The van der Waals surface area contributed by atoms with Crippen LogP contribution < -0.4 is 5.32 Å². The molecule has 18 heavy (non-hydrogen) atoms. The maximum atomic E-state index is 5.07. The van der Waals surface area contributed by atoms with Gasteiger partial charge in [-0.05, 0) is 57.4 Å². The molecule has 0 heterocycles. The molecule has 2 aliphatic rings. The largest absolute Gasteiger partial charge is 0.385 e. The molecule has 0 radical (unpaired) electrons. The molecule has 2 aliphatic carbocycles. The third-order valence-corrected chi connectivity index (χ3v) is 4.14. The molecule has 0 aromatic rings. The summed E-state index contributed by atoms with van der Waals surface area (Å²) in [6.45, 7) is 8.15. The minimum Gasteiger partial charge on any atom is -0.385 e. The number of ether oxygens (including phenoxy) is 1. The van der Waals surface area contributed by atoms with Crippen LogP contribution in [-0.4, -0.2) is 50.8 Å². The van der Waals surface area contributed by atoms with Gasteiger partial charge in [0.05, 0.1) is 0 Å². The molecule has 0 amide bonds. The van der Waals surface area contributed by atoms with E-state index in [0.29, 0.717) is 6.04 Å². The molecule has 2 fully saturated rings. The first-order valence-corrected chi connectivity index (χ1v) is 7.73. The summed E-state index contributed by atoms with van der Waals surface area (Å²) < 4.78 is 5.07. The maximum absolute atomic E-state index is 5.07. The van der Waals surface area contributed by atoms with Gasteiger partial charge in [-0.1, -0.05) is 0 Å². The van der Waals surface area contributed by atoms with E-state index in [-0.39, 0.29) is 0 Å². The van der Waals surface area contributed by atoms with Crippen LogP contribution in [0.2, 0.25) is 0 Å². The van der Waals surface area contributed by atoms with Gasteiger partial charge < -0.3 is 10.1 Å². The lowest BCUT2D eigenvalue weighted by molar-refractivity contribution is 0.179. The van der Waals surface area contributed by atoms with Crippen molar-refractivity contribution in [2.75, 3.05) is 39.9 Å². The zero-order valence-electron chi connectivity index (χ0n) is 12.2. The summed E-state index contributed by atoms with van der Waals surface area (Å²) in [5.41, 5.74) is 0. The Kier molecular flexibility index (Phi) is 5.93. The molecule has 2 saturated carbocycles. The van der Waals surface area contributed by atoms with Crippen molar-refractivity contribution in [3.8, 4) is 0 Å². The van der Waals surface area contributed by atoms with Crippen LogP contribution in [0.4, 0.5) is 0 Å². The predicted molar refractivity (Wildman–Crippen MR) is 75.8 cm³/mol. The van der Waals surface area contributed by atoms with Crippen molar-refractivity contribution in [2.45, 2.75) is 45.1 Å². The lowest BCUT2D eigenvalue weighted by Crippen LogP contribution is -2.42. The van der Waals surface area contributed by atoms with E-state index in [0.717, 1.165) is 38.0 Å². The van der Waals surface area contributed by atoms with Gasteiger partial charge in [-0.15, -0.1) is 0 Å². The zero-order chi connectivity index (χ0) is 12.8. The van der Waals surface area contributed by atoms with Crippen LogP contribution in [0.1, 0.15) is 39.0 Å². The number of nitrogens with one attached hydrogen (secondary N) is 1. The Labute approximate surface area is 112 Å². The molecule has 1 unspecified atom stereocenters. The van der Waals surface area contributed by atoms with Gasteiger partial charge in [0.2, 0.25) is 0 Å². The Morgan fingerprint density at radius 1 is 1.17 bits per heavy atom. The third-order valence-electron chi connectivity index (χ3n) is 4.14. The number of methoxy groups -OCH3 is 1. The molecule has 1 atom stereocenters. The van der Waals surface area contributed by atoms with Gasteiger partial charge in [0, 0.05) is 39.4 Å². The van der Waals surface area contributed by atoms with E-state index in [4.69, 9.17) is 4.74 Å². The van der Waals surface area contributed by atoms with Crippen LogP contribution in [-0.2, 0) is 4.74 Å². The normalized spacial score (nSPS) is 21.5. The number of hydrogen-bond acceptors (Lipinski definition) is 3. The van der Waals surface area contributed by atoms with Crippen LogP contribution in [0.5, 0.6) is 0 Å². The highest BCUT2D eigenvalue weighted by atomic mass is 16.5. The molecule has 0 aromatic carbocycles. The van der Waals surface area contributed by atoms with E-state index in [9.17, 15) is 0 Å². The Morgan fingerprint density at radius 2 is 1.78 bits per heavy atom. The standard InChI is InChI=1S/C15H30N2O/c1-13(10-16-8-3-9-18-2)17(11-14-4-5-14)12-15-6-7-15/h13-16H,3-12H2,1-2H3. The molecular weight excluding hydrogens is 224 g/mol. The van der Waals surface area contributed by atoms with E-state index in [2.05, 4.69) is 17.1 Å². The SMILES string of the molecule is COCCCNCC(C)N(CC1CC1)CC1CC1. The fourth-order valence-electron chi connectivity index (χ4n) is 2.48. The Bertz CT molecular complexity index is 213. The van der Waals surface area contributed by atoms with Gasteiger partial charge in [0.25, 0.3) is 0 Å². The first-order chi connectivity index (χ1) is 8.79. The smallest absolute Gasteiger partial charge is 0.0474 e. The van der Waals surface area contributed by atoms with Gasteiger partial charge in [0.1, 0.15) is 0 Å². The quantitative estimate of drug-likeness (QED) is 0.572. The fourth-order valence-corrected chi connectivity index (χ4v) is 2.48. The Hall–Kier alpha value is -0.120. The van der Waals surface area contributed by atoms with Gasteiger partial charge >= 0.3 is 0 Å². The molecule has 3 heteroatoms. The second kappa shape index (κ2) is 7.46. The van der Waals surface area contributed by atoms with Crippen molar-refractivity contribution in [1.82, 2.24) is 10.2 Å². The van der Waals surface area contributed by atoms with Gasteiger partial charge in [-0.2, -0.15) is 0 Å². The molecule has 0 saturated heterocycles. The maximum Gasteiger partial charge on any atom is 0.0474 e. The van der Waals surface area contributed by atoms with Crippen LogP contribution in [0.25, 0.3) is 0 Å². The third kappa shape index (κ3) is 5.68. The molecular formula is C15H30N2O. The fraction of sp³-hybridized carbons (Fsp3) is 1.00. The van der Waals surface area contributed by atoms with Crippen LogP contribution in [0.15, 0.2) is 0 Å². The van der Waals surface area contributed by atoms with E-state index in [1.54, 1.807) is 7.11 Å². The first kappa shape index (κ1) is 14.3.